The highest BCUT2D eigenvalue weighted by Gasteiger charge is 2.44. The molecule has 2 aromatic rings. The van der Waals surface area contributed by atoms with Crippen molar-refractivity contribution in [1.29, 1.82) is 0 Å². The minimum atomic E-state index is -3.41. The van der Waals surface area contributed by atoms with Crippen LogP contribution in [0.2, 0.25) is 0 Å². The summed E-state index contributed by atoms with van der Waals surface area (Å²) in [4.78, 5) is 7.10. The maximum atomic E-state index is 12.7. The molecule has 1 aliphatic heterocycles. The van der Waals surface area contributed by atoms with Gasteiger partial charge in [0.1, 0.15) is 12.0 Å². The highest BCUT2D eigenvalue weighted by atomic mass is 127. The molecule has 8 nitrogen and oxygen atoms in total. The molecule has 0 amide bonds. The van der Waals surface area contributed by atoms with Crippen molar-refractivity contribution < 1.29 is 12.9 Å². The van der Waals surface area contributed by atoms with E-state index < -0.39 is 10.0 Å². The van der Waals surface area contributed by atoms with Crippen molar-refractivity contribution in [2.45, 2.75) is 30.9 Å². The number of guanidine groups is 1. The third-order valence-corrected chi connectivity index (χ3v) is 7.67. The van der Waals surface area contributed by atoms with Crippen LogP contribution in [0.5, 0.6) is 0 Å². The van der Waals surface area contributed by atoms with Gasteiger partial charge in [0.2, 0.25) is 10.0 Å². The minimum Gasteiger partial charge on any atom is -0.364 e. The second-order valence-corrected chi connectivity index (χ2v) is 9.92. The van der Waals surface area contributed by atoms with Crippen LogP contribution in [0.4, 0.5) is 0 Å². The first-order valence-electron chi connectivity index (χ1n) is 10.5. The van der Waals surface area contributed by atoms with E-state index in [1.165, 1.54) is 16.1 Å². The van der Waals surface area contributed by atoms with Crippen molar-refractivity contribution in [3.8, 4) is 0 Å². The largest absolute Gasteiger partial charge is 0.364 e. The Labute approximate surface area is 201 Å². The lowest BCUT2D eigenvalue weighted by Gasteiger charge is -2.36. The van der Waals surface area contributed by atoms with Crippen LogP contribution in [0.3, 0.4) is 0 Å². The van der Waals surface area contributed by atoms with E-state index in [0.29, 0.717) is 31.9 Å². The van der Waals surface area contributed by atoms with Gasteiger partial charge in [-0.15, -0.1) is 24.0 Å². The first kappa shape index (κ1) is 24.0. The van der Waals surface area contributed by atoms with Crippen LogP contribution >= 0.6 is 24.0 Å². The van der Waals surface area contributed by atoms with E-state index in [0.717, 1.165) is 31.9 Å². The lowest BCUT2D eigenvalue weighted by molar-refractivity contribution is 0.259. The van der Waals surface area contributed by atoms with E-state index in [4.69, 9.17) is 9.52 Å². The summed E-state index contributed by atoms with van der Waals surface area (Å²) in [5.41, 5.74) is 1.95. The fourth-order valence-electron chi connectivity index (χ4n) is 3.90. The fourth-order valence-corrected chi connectivity index (χ4v) is 5.33. The maximum absolute atomic E-state index is 12.7. The number of piperazine rings is 1. The molecule has 0 radical (unpaired) electrons. The molecule has 1 aliphatic carbocycles. The van der Waals surface area contributed by atoms with Gasteiger partial charge in [-0.25, -0.2) is 8.42 Å². The van der Waals surface area contributed by atoms with Crippen LogP contribution < -0.4 is 5.32 Å². The Balaban J connectivity index is 0.00000272. The van der Waals surface area contributed by atoms with E-state index in [2.05, 4.69) is 46.6 Å². The van der Waals surface area contributed by atoms with Gasteiger partial charge in [-0.1, -0.05) is 35.5 Å². The highest BCUT2D eigenvalue weighted by Crippen LogP contribution is 2.48. The topological polar surface area (TPSA) is 91.0 Å². The molecular weight excluding hydrogens is 529 g/mol. The second kappa shape index (κ2) is 10.3. The van der Waals surface area contributed by atoms with Gasteiger partial charge in [-0.2, -0.15) is 4.31 Å². The van der Waals surface area contributed by atoms with Crippen molar-refractivity contribution in [3.05, 3.63) is 53.9 Å². The second-order valence-electron chi connectivity index (χ2n) is 7.95. The first-order chi connectivity index (χ1) is 14.5. The summed E-state index contributed by atoms with van der Waals surface area (Å²) < 4.78 is 31.6. The summed E-state index contributed by atoms with van der Waals surface area (Å²) in [6, 6.07) is 12.2. The molecular formula is C21H30IN5O3S. The zero-order valence-corrected chi connectivity index (χ0v) is 20.9. The Hall–Kier alpha value is -1.66. The summed E-state index contributed by atoms with van der Waals surface area (Å²) in [7, 11) is -3.41. The molecule has 1 saturated carbocycles. The van der Waals surface area contributed by atoms with Crippen LogP contribution in [0, 0.1) is 0 Å². The summed E-state index contributed by atoms with van der Waals surface area (Å²) in [6.07, 6.45) is 3.71. The minimum absolute atomic E-state index is 0. The van der Waals surface area contributed by atoms with E-state index in [-0.39, 0.29) is 35.1 Å². The summed E-state index contributed by atoms with van der Waals surface area (Å²) in [5.74, 6) is 0.741. The average molecular weight is 559 g/mol. The summed E-state index contributed by atoms with van der Waals surface area (Å²) in [5, 5.41) is 7.10. The van der Waals surface area contributed by atoms with Gasteiger partial charge in [0.15, 0.2) is 5.96 Å². The van der Waals surface area contributed by atoms with Crippen LogP contribution in [0.25, 0.3) is 0 Å². The van der Waals surface area contributed by atoms with Crippen LogP contribution in [0.15, 0.2) is 52.2 Å². The van der Waals surface area contributed by atoms with Gasteiger partial charge >= 0.3 is 0 Å². The number of sulfonamides is 1. The standard InChI is InChI=1S/C21H29N5O3S.HI/c1-2-22-20(23-17-21(9-10-21)18-6-4-3-5-7-18)25-11-13-26(14-12-25)30(27,28)16-19-8-15-29-24-19;/h3-8,15H,2,9-14,16-17H2,1H3,(H,22,23);1H. The number of benzene rings is 1. The van der Waals surface area contributed by atoms with Gasteiger partial charge in [-0.3, -0.25) is 4.99 Å². The van der Waals surface area contributed by atoms with E-state index >= 15 is 0 Å². The van der Waals surface area contributed by atoms with Crippen molar-refractivity contribution >= 4 is 40.0 Å². The van der Waals surface area contributed by atoms with Gasteiger partial charge in [0.05, 0.1) is 12.2 Å². The van der Waals surface area contributed by atoms with Crippen molar-refractivity contribution in [1.82, 2.24) is 19.7 Å². The van der Waals surface area contributed by atoms with Crippen molar-refractivity contribution in [3.63, 3.8) is 0 Å². The smallest absolute Gasteiger partial charge is 0.220 e. The summed E-state index contributed by atoms with van der Waals surface area (Å²) >= 11 is 0. The predicted octanol–water partition coefficient (Wildman–Crippen LogP) is 2.44. The third kappa shape index (κ3) is 5.78. The SMILES string of the molecule is CCNC(=NCC1(c2ccccc2)CC1)N1CCN(S(=O)(=O)Cc2ccon2)CC1.I. The number of nitrogens with zero attached hydrogens (tertiary/aromatic N) is 4. The number of hydrogen-bond acceptors (Lipinski definition) is 5. The molecule has 1 N–H and O–H groups in total. The quantitative estimate of drug-likeness (QED) is 0.319. The molecule has 2 heterocycles. The molecule has 0 bridgehead atoms. The number of aliphatic imine (C=N–C) groups is 1. The Morgan fingerprint density at radius 2 is 1.87 bits per heavy atom. The van der Waals surface area contributed by atoms with E-state index in [1.54, 1.807) is 6.07 Å². The zero-order valence-electron chi connectivity index (χ0n) is 17.7. The zero-order chi connectivity index (χ0) is 21.0. The first-order valence-corrected chi connectivity index (χ1v) is 12.1. The summed E-state index contributed by atoms with van der Waals surface area (Å²) in [6.45, 7) is 5.69. The Morgan fingerprint density at radius 1 is 1.16 bits per heavy atom. The Morgan fingerprint density at radius 3 is 2.45 bits per heavy atom. The van der Waals surface area contributed by atoms with Gasteiger partial charge in [0, 0.05) is 44.2 Å². The van der Waals surface area contributed by atoms with Gasteiger partial charge in [0.25, 0.3) is 0 Å². The van der Waals surface area contributed by atoms with Crippen LogP contribution in [-0.4, -0.2) is 68.0 Å². The molecule has 1 saturated heterocycles. The van der Waals surface area contributed by atoms with E-state index in [9.17, 15) is 8.42 Å². The van der Waals surface area contributed by atoms with Crippen molar-refractivity contribution in [2.75, 3.05) is 39.3 Å². The normalized spacial score (nSPS) is 19.0. The maximum Gasteiger partial charge on any atom is 0.220 e. The van der Waals surface area contributed by atoms with E-state index in [1.807, 2.05) is 6.07 Å². The number of rotatable bonds is 7. The molecule has 170 valence electrons. The molecule has 10 heteroatoms. The van der Waals surface area contributed by atoms with Gasteiger partial charge < -0.3 is 14.7 Å². The predicted molar refractivity (Wildman–Crippen MR) is 131 cm³/mol. The lowest BCUT2D eigenvalue weighted by atomic mass is 9.96. The number of nitrogens with one attached hydrogen (secondary N) is 1. The third-order valence-electron chi connectivity index (χ3n) is 5.86. The van der Waals surface area contributed by atoms with Crippen molar-refractivity contribution in [2.24, 2.45) is 4.99 Å². The van der Waals surface area contributed by atoms with Crippen LogP contribution in [-0.2, 0) is 21.2 Å². The van der Waals surface area contributed by atoms with Gasteiger partial charge in [-0.05, 0) is 25.3 Å². The monoisotopic (exact) mass is 559 g/mol. The molecule has 1 aromatic carbocycles. The average Bonchev–Trinajstić information content (AvgIpc) is 3.39. The molecule has 2 aliphatic rings. The van der Waals surface area contributed by atoms with Crippen LogP contribution in [0.1, 0.15) is 31.0 Å². The molecule has 1 aromatic heterocycles. The number of hydrogen-bond donors (Lipinski definition) is 1. The number of aromatic nitrogens is 1. The molecule has 0 unspecified atom stereocenters. The Bertz CT molecular complexity index is 954. The molecule has 0 spiro atoms. The Kier molecular flexibility index (Phi) is 7.98. The lowest BCUT2D eigenvalue weighted by Crippen LogP contribution is -2.54. The molecule has 2 fully saturated rings. The fraction of sp³-hybridized carbons (Fsp3) is 0.524. The highest BCUT2D eigenvalue weighted by molar-refractivity contribution is 14.0. The molecule has 0 atom stereocenters. The molecule has 4 rings (SSSR count). The molecule has 31 heavy (non-hydrogen) atoms. The number of halogens is 1.